The van der Waals surface area contributed by atoms with Crippen LogP contribution in [0.2, 0.25) is 0 Å². The molecule has 1 aromatic rings. The fraction of sp³-hybridized carbons (Fsp3) is 0.583. The number of hydrogen-bond acceptors (Lipinski definition) is 3. The van der Waals surface area contributed by atoms with E-state index in [0.717, 1.165) is 5.69 Å². The van der Waals surface area contributed by atoms with Crippen LogP contribution in [0.15, 0.2) is 12.1 Å². The van der Waals surface area contributed by atoms with Crippen molar-refractivity contribution in [1.29, 1.82) is 0 Å². The highest BCUT2D eigenvalue weighted by Crippen LogP contribution is 2.32. The summed E-state index contributed by atoms with van der Waals surface area (Å²) in [4.78, 5) is 6.82. The Morgan fingerprint density at radius 2 is 2.27 bits per heavy atom. The van der Waals surface area contributed by atoms with E-state index in [-0.39, 0.29) is 0 Å². The van der Waals surface area contributed by atoms with E-state index in [1.54, 1.807) is 7.11 Å². The van der Waals surface area contributed by atoms with Gasteiger partial charge in [0.2, 0.25) is 5.88 Å². The fourth-order valence-electron chi connectivity index (χ4n) is 2.32. The number of aromatic nitrogens is 1. The largest absolute Gasteiger partial charge is 0.481 e. The van der Waals surface area contributed by atoms with Gasteiger partial charge in [-0.3, -0.25) is 4.90 Å². The molecule has 82 valence electrons. The van der Waals surface area contributed by atoms with Gasteiger partial charge < -0.3 is 4.74 Å². The minimum atomic E-state index is 0.545. The monoisotopic (exact) mass is 206 g/mol. The van der Waals surface area contributed by atoms with E-state index in [0.29, 0.717) is 11.9 Å². The predicted molar refractivity (Wildman–Crippen MR) is 60.1 cm³/mol. The van der Waals surface area contributed by atoms with Crippen molar-refractivity contribution in [2.45, 2.75) is 25.8 Å². The van der Waals surface area contributed by atoms with Gasteiger partial charge in [0.15, 0.2) is 0 Å². The second kappa shape index (κ2) is 4.19. The van der Waals surface area contributed by atoms with Crippen molar-refractivity contribution >= 4 is 0 Å². The van der Waals surface area contributed by atoms with Crippen LogP contribution in [0, 0.1) is 6.92 Å². The molecule has 2 heterocycles. The lowest BCUT2D eigenvalue weighted by Crippen LogP contribution is -2.18. The first kappa shape index (κ1) is 10.4. The number of pyridine rings is 1. The molecule has 3 nitrogen and oxygen atoms in total. The predicted octanol–water partition coefficient (Wildman–Crippen LogP) is 2.17. The van der Waals surface area contributed by atoms with Gasteiger partial charge in [-0.15, -0.1) is 0 Å². The van der Waals surface area contributed by atoms with Crippen LogP contribution in [0.5, 0.6) is 5.88 Å². The Morgan fingerprint density at radius 1 is 1.47 bits per heavy atom. The fourth-order valence-corrected chi connectivity index (χ4v) is 2.32. The first-order valence-corrected chi connectivity index (χ1v) is 5.44. The van der Waals surface area contributed by atoms with Gasteiger partial charge in [-0.2, -0.15) is 0 Å². The van der Waals surface area contributed by atoms with Crippen molar-refractivity contribution in [3.8, 4) is 5.88 Å². The zero-order valence-electron chi connectivity index (χ0n) is 9.66. The van der Waals surface area contributed by atoms with Crippen LogP contribution in [-0.2, 0) is 0 Å². The summed E-state index contributed by atoms with van der Waals surface area (Å²) in [5, 5.41) is 0. The van der Waals surface area contributed by atoms with Crippen LogP contribution >= 0.6 is 0 Å². The smallest absolute Gasteiger partial charge is 0.213 e. The highest BCUT2D eigenvalue weighted by Gasteiger charge is 2.24. The van der Waals surface area contributed by atoms with E-state index in [4.69, 9.17) is 4.74 Å². The molecule has 0 aliphatic carbocycles. The Bertz CT molecular complexity index is 351. The Morgan fingerprint density at radius 3 is 2.80 bits per heavy atom. The Kier molecular flexibility index (Phi) is 2.91. The molecule has 0 aromatic carbocycles. The molecular formula is C12H18N2O. The molecule has 15 heavy (non-hydrogen) atoms. The molecule has 0 radical (unpaired) electrons. The molecule has 1 saturated heterocycles. The Labute approximate surface area is 91.1 Å². The van der Waals surface area contributed by atoms with Crippen LogP contribution in [-0.4, -0.2) is 30.6 Å². The molecule has 0 saturated carbocycles. The number of rotatable bonds is 2. The molecule has 0 spiro atoms. The average Bonchev–Trinajstić information content (AvgIpc) is 2.64. The first-order valence-electron chi connectivity index (χ1n) is 5.44. The molecule has 1 aliphatic rings. The quantitative estimate of drug-likeness (QED) is 0.741. The summed E-state index contributed by atoms with van der Waals surface area (Å²) in [6.07, 6.45) is 2.53. The normalized spacial score (nSPS) is 21.9. The summed E-state index contributed by atoms with van der Waals surface area (Å²) in [7, 11) is 3.84. The van der Waals surface area contributed by atoms with E-state index in [1.165, 1.54) is 24.9 Å². The molecule has 1 atom stereocenters. The molecule has 1 aliphatic heterocycles. The number of nitrogens with zero attached hydrogens (tertiary/aromatic N) is 2. The first-order chi connectivity index (χ1) is 7.22. The van der Waals surface area contributed by atoms with Crippen molar-refractivity contribution in [3.05, 3.63) is 23.4 Å². The van der Waals surface area contributed by atoms with Gasteiger partial charge in [-0.25, -0.2) is 4.98 Å². The number of likely N-dealkylation sites (tertiary alicyclic amines) is 1. The second-order valence-electron chi connectivity index (χ2n) is 4.17. The van der Waals surface area contributed by atoms with Crippen LogP contribution in [0.25, 0.3) is 0 Å². The number of hydrogen-bond donors (Lipinski definition) is 0. The zero-order chi connectivity index (χ0) is 10.8. The highest BCUT2D eigenvalue weighted by atomic mass is 16.5. The molecular weight excluding hydrogens is 188 g/mol. The van der Waals surface area contributed by atoms with Gasteiger partial charge in [0.25, 0.3) is 0 Å². The summed E-state index contributed by atoms with van der Waals surface area (Å²) >= 11 is 0. The van der Waals surface area contributed by atoms with E-state index in [1.807, 2.05) is 6.07 Å². The lowest BCUT2D eigenvalue weighted by molar-refractivity contribution is 0.315. The van der Waals surface area contributed by atoms with Crippen molar-refractivity contribution in [1.82, 2.24) is 9.88 Å². The minimum absolute atomic E-state index is 0.545. The maximum Gasteiger partial charge on any atom is 0.213 e. The van der Waals surface area contributed by atoms with E-state index in [9.17, 15) is 0 Å². The van der Waals surface area contributed by atoms with Crippen LogP contribution < -0.4 is 4.74 Å². The summed E-state index contributed by atoms with van der Waals surface area (Å²) < 4.78 is 5.11. The molecule has 0 amide bonds. The van der Waals surface area contributed by atoms with Crippen molar-refractivity contribution in [2.75, 3.05) is 20.7 Å². The lowest BCUT2D eigenvalue weighted by atomic mass is 10.0. The molecule has 2 rings (SSSR count). The van der Waals surface area contributed by atoms with Gasteiger partial charge in [0.05, 0.1) is 7.11 Å². The molecule has 0 N–H and O–H groups in total. The standard InChI is InChI=1S/C12H18N2O/c1-9-10(6-7-12(13-9)15-3)11-5-4-8-14(11)2/h6-7,11H,4-5,8H2,1-3H3. The number of methoxy groups -OCH3 is 1. The Hall–Kier alpha value is -1.09. The van der Waals surface area contributed by atoms with Crippen LogP contribution in [0.4, 0.5) is 0 Å². The third kappa shape index (κ3) is 1.97. The van der Waals surface area contributed by atoms with Gasteiger partial charge in [-0.1, -0.05) is 6.07 Å². The third-order valence-corrected chi connectivity index (χ3v) is 3.19. The van der Waals surface area contributed by atoms with Crippen molar-refractivity contribution < 1.29 is 4.74 Å². The van der Waals surface area contributed by atoms with Crippen LogP contribution in [0.3, 0.4) is 0 Å². The third-order valence-electron chi connectivity index (χ3n) is 3.19. The van der Waals surface area contributed by atoms with E-state index >= 15 is 0 Å². The maximum atomic E-state index is 5.11. The summed E-state index contributed by atoms with van der Waals surface area (Å²) in [6.45, 7) is 3.25. The lowest BCUT2D eigenvalue weighted by Gasteiger charge is -2.21. The average molecular weight is 206 g/mol. The molecule has 1 fully saturated rings. The van der Waals surface area contributed by atoms with Gasteiger partial charge >= 0.3 is 0 Å². The summed E-state index contributed by atoms with van der Waals surface area (Å²) in [5.74, 6) is 0.705. The molecule has 1 aromatic heterocycles. The number of aryl methyl sites for hydroxylation is 1. The van der Waals surface area contributed by atoms with E-state index < -0.39 is 0 Å². The SMILES string of the molecule is COc1ccc(C2CCCN2C)c(C)n1. The Balaban J connectivity index is 2.28. The van der Waals surface area contributed by atoms with Gasteiger partial charge in [-0.05, 0) is 38.9 Å². The summed E-state index contributed by atoms with van der Waals surface area (Å²) in [5.41, 5.74) is 2.43. The summed E-state index contributed by atoms with van der Waals surface area (Å²) in [6, 6.07) is 4.64. The van der Waals surface area contributed by atoms with Crippen molar-refractivity contribution in [2.24, 2.45) is 0 Å². The van der Waals surface area contributed by atoms with Gasteiger partial charge in [0.1, 0.15) is 0 Å². The maximum absolute atomic E-state index is 5.11. The van der Waals surface area contributed by atoms with Crippen LogP contribution in [0.1, 0.15) is 30.1 Å². The number of ether oxygens (including phenoxy) is 1. The zero-order valence-corrected chi connectivity index (χ0v) is 9.66. The second-order valence-corrected chi connectivity index (χ2v) is 4.17. The topological polar surface area (TPSA) is 25.4 Å². The molecule has 1 unspecified atom stereocenters. The van der Waals surface area contributed by atoms with Gasteiger partial charge in [0, 0.05) is 17.8 Å². The van der Waals surface area contributed by atoms with E-state index in [2.05, 4.69) is 29.9 Å². The molecule has 3 heteroatoms. The highest BCUT2D eigenvalue weighted by molar-refractivity contribution is 5.28. The molecule has 0 bridgehead atoms. The van der Waals surface area contributed by atoms with Crippen molar-refractivity contribution in [3.63, 3.8) is 0 Å². The minimum Gasteiger partial charge on any atom is -0.481 e.